The summed E-state index contributed by atoms with van der Waals surface area (Å²) < 4.78 is 5.38. The van der Waals surface area contributed by atoms with Gasteiger partial charge in [0.25, 0.3) is 0 Å². The third-order valence-corrected chi connectivity index (χ3v) is 6.64. The predicted octanol–water partition coefficient (Wildman–Crippen LogP) is 5.19. The minimum absolute atomic E-state index is 0.00652. The van der Waals surface area contributed by atoms with E-state index in [9.17, 15) is 0 Å². The van der Waals surface area contributed by atoms with Crippen LogP contribution in [0.4, 0.5) is 0 Å². The maximum atomic E-state index is 5.89. The summed E-state index contributed by atoms with van der Waals surface area (Å²) in [6, 6.07) is 32.8. The smallest absolute Gasteiger partial charge is 0.229 e. The zero-order chi connectivity index (χ0) is 21.1. The maximum absolute atomic E-state index is 5.89. The molecule has 158 valence electrons. The highest BCUT2D eigenvalue weighted by molar-refractivity contribution is 5.77. The molecule has 31 heavy (non-hydrogen) atoms. The largest absolute Gasteiger partial charge is 0.482 e. The Labute approximate surface area is 184 Å². The molecule has 2 atom stereocenters. The van der Waals surface area contributed by atoms with Gasteiger partial charge < -0.3 is 9.57 Å². The van der Waals surface area contributed by atoms with E-state index in [1.807, 2.05) is 0 Å². The lowest BCUT2D eigenvalue weighted by Crippen LogP contribution is -2.53. The molecule has 3 aromatic carbocycles. The molecule has 0 aliphatic carbocycles. The SMILES string of the molecule is COC1=NO[C@H]([C@@H]2CCCN2C(c2ccccc2)(c2ccccc2)c2ccccc2)C1. The van der Waals surface area contributed by atoms with Gasteiger partial charge in [-0.2, -0.15) is 0 Å². The lowest BCUT2D eigenvalue weighted by Gasteiger charge is -2.47. The zero-order valence-electron chi connectivity index (χ0n) is 17.9. The van der Waals surface area contributed by atoms with Crippen LogP contribution in [0.3, 0.4) is 0 Å². The molecule has 3 aromatic rings. The number of rotatable bonds is 5. The van der Waals surface area contributed by atoms with E-state index >= 15 is 0 Å². The van der Waals surface area contributed by atoms with Crippen molar-refractivity contribution in [1.29, 1.82) is 0 Å². The van der Waals surface area contributed by atoms with Crippen LogP contribution in [-0.2, 0) is 15.1 Å². The van der Waals surface area contributed by atoms with Crippen molar-refractivity contribution in [3.8, 4) is 0 Å². The van der Waals surface area contributed by atoms with Crippen LogP contribution in [0, 0.1) is 0 Å². The van der Waals surface area contributed by atoms with Crippen LogP contribution in [0.25, 0.3) is 0 Å². The maximum Gasteiger partial charge on any atom is 0.229 e. The Morgan fingerprint density at radius 2 is 1.35 bits per heavy atom. The molecule has 0 unspecified atom stereocenters. The van der Waals surface area contributed by atoms with E-state index in [0.29, 0.717) is 12.3 Å². The van der Waals surface area contributed by atoms with Crippen molar-refractivity contribution in [2.45, 2.75) is 36.9 Å². The highest BCUT2D eigenvalue weighted by atomic mass is 16.7. The average molecular weight is 413 g/mol. The Morgan fingerprint density at radius 1 is 0.839 bits per heavy atom. The van der Waals surface area contributed by atoms with Crippen LogP contribution < -0.4 is 0 Å². The van der Waals surface area contributed by atoms with Crippen LogP contribution in [0.2, 0.25) is 0 Å². The molecule has 4 heteroatoms. The van der Waals surface area contributed by atoms with Crippen molar-refractivity contribution < 1.29 is 9.57 Å². The standard InChI is InChI=1S/C27H28N2O2/c1-30-26-20-25(31-28-26)24-18-11-19-29(24)27(21-12-5-2-6-13-21,22-14-7-3-8-15-22)23-16-9-4-10-17-23/h2-10,12-17,24-25H,11,18-20H2,1H3/t24-,25-/m0/s1. The first-order valence-corrected chi connectivity index (χ1v) is 11.0. The van der Waals surface area contributed by atoms with Gasteiger partial charge in [-0.15, -0.1) is 0 Å². The summed E-state index contributed by atoms with van der Waals surface area (Å²) in [6.45, 7) is 0.992. The van der Waals surface area contributed by atoms with Gasteiger partial charge in [0.1, 0.15) is 0 Å². The van der Waals surface area contributed by atoms with Crippen molar-refractivity contribution in [2.75, 3.05) is 13.7 Å². The Morgan fingerprint density at radius 3 is 1.81 bits per heavy atom. The van der Waals surface area contributed by atoms with Crippen LogP contribution >= 0.6 is 0 Å². The summed E-state index contributed by atoms with van der Waals surface area (Å²) in [4.78, 5) is 8.54. The molecule has 5 rings (SSSR count). The molecule has 0 spiro atoms. The Balaban J connectivity index is 1.70. The van der Waals surface area contributed by atoms with E-state index in [0.717, 1.165) is 19.4 Å². The van der Waals surface area contributed by atoms with Gasteiger partial charge in [0.05, 0.1) is 25.1 Å². The van der Waals surface area contributed by atoms with E-state index in [4.69, 9.17) is 9.57 Å². The summed E-state index contributed by atoms with van der Waals surface area (Å²) in [7, 11) is 1.67. The summed E-state index contributed by atoms with van der Waals surface area (Å²) >= 11 is 0. The minimum atomic E-state index is -0.413. The van der Waals surface area contributed by atoms with E-state index in [-0.39, 0.29) is 12.1 Å². The highest BCUT2D eigenvalue weighted by Crippen LogP contribution is 2.47. The quantitative estimate of drug-likeness (QED) is 0.541. The zero-order valence-corrected chi connectivity index (χ0v) is 17.9. The number of likely N-dealkylation sites (tertiary alicyclic amines) is 1. The molecule has 2 aliphatic rings. The summed E-state index contributed by atoms with van der Waals surface area (Å²) in [5, 5.41) is 4.18. The normalized spacial score (nSPS) is 21.5. The molecule has 0 radical (unpaired) electrons. The molecule has 2 heterocycles. The summed E-state index contributed by atoms with van der Waals surface area (Å²) in [6.07, 6.45) is 2.91. The second-order valence-electron chi connectivity index (χ2n) is 8.25. The topological polar surface area (TPSA) is 34.1 Å². The number of hydrogen-bond acceptors (Lipinski definition) is 4. The lowest BCUT2D eigenvalue weighted by atomic mass is 9.75. The van der Waals surface area contributed by atoms with Gasteiger partial charge in [-0.25, -0.2) is 0 Å². The van der Waals surface area contributed by atoms with Gasteiger partial charge in [-0.05, 0) is 29.5 Å². The second-order valence-corrected chi connectivity index (χ2v) is 8.25. The average Bonchev–Trinajstić information content (AvgIpc) is 3.52. The van der Waals surface area contributed by atoms with Crippen LogP contribution in [0.5, 0.6) is 0 Å². The summed E-state index contributed by atoms with van der Waals surface area (Å²) in [5.74, 6) is 0.682. The van der Waals surface area contributed by atoms with Gasteiger partial charge >= 0.3 is 0 Å². The number of nitrogens with zero attached hydrogens (tertiary/aromatic N) is 2. The third-order valence-electron chi connectivity index (χ3n) is 6.64. The number of benzene rings is 3. The van der Waals surface area contributed by atoms with Gasteiger partial charge in [-0.1, -0.05) is 96.2 Å². The van der Waals surface area contributed by atoms with Crippen molar-refractivity contribution >= 4 is 5.90 Å². The first-order valence-electron chi connectivity index (χ1n) is 11.0. The van der Waals surface area contributed by atoms with Gasteiger partial charge in [-0.3, -0.25) is 4.90 Å². The van der Waals surface area contributed by atoms with E-state index in [1.54, 1.807) is 7.11 Å². The Kier molecular flexibility index (Phi) is 5.47. The van der Waals surface area contributed by atoms with Gasteiger partial charge in [0, 0.05) is 6.54 Å². The van der Waals surface area contributed by atoms with Gasteiger partial charge in [0.2, 0.25) is 5.90 Å². The fourth-order valence-corrected chi connectivity index (χ4v) is 5.33. The molecule has 0 saturated carbocycles. The van der Waals surface area contributed by atoms with Crippen molar-refractivity contribution in [2.24, 2.45) is 5.16 Å². The van der Waals surface area contributed by atoms with Gasteiger partial charge in [0.15, 0.2) is 6.10 Å². The molecule has 0 amide bonds. The van der Waals surface area contributed by atoms with Crippen molar-refractivity contribution in [1.82, 2.24) is 4.90 Å². The first-order chi connectivity index (χ1) is 15.3. The van der Waals surface area contributed by atoms with E-state index < -0.39 is 5.54 Å². The van der Waals surface area contributed by atoms with Crippen LogP contribution in [0.1, 0.15) is 36.0 Å². The molecule has 0 bridgehead atoms. The number of hydrogen-bond donors (Lipinski definition) is 0. The molecule has 0 N–H and O–H groups in total. The van der Waals surface area contributed by atoms with Crippen molar-refractivity contribution in [3.63, 3.8) is 0 Å². The number of ether oxygens (including phenoxy) is 1. The van der Waals surface area contributed by atoms with Crippen molar-refractivity contribution in [3.05, 3.63) is 108 Å². The van der Waals surface area contributed by atoms with Crippen LogP contribution in [-0.4, -0.2) is 36.6 Å². The summed E-state index contributed by atoms with van der Waals surface area (Å²) in [5.41, 5.74) is 3.39. The first kappa shape index (κ1) is 19.8. The minimum Gasteiger partial charge on any atom is -0.482 e. The number of methoxy groups -OCH3 is 1. The molecule has 1 saturated heterocycles. The predicted molar refractivity (Wildman–Crippen MR) is 123 cm³/mol. The lowest BCUT2D eigenvalue weighted by molar-refractivity contribution is -0.00195. The molecular formula is C27H28N2O2. The molecule has 0 aromatic heterocycles. The Bertz CT molecular complexity index is 924. The molecule has 2 aliphatic heterocycles. The monoisotopic (exact) mass is 412 g/mol. The van der Waals surface area contributed by atoms with E-state index in [2.05, 4.69) is 101 Å². The number of oxime groups is 1. The Hall–Kier alpha value is -3.11. The molecular weight excluding hydrogens is 384 g/mol. The van der Waals surface area contributed by atoms with E-state index in [1.165, 1.54) is 16.7 Å². The third kappa shape index (κ3) is 3.41. The fourth-order valence-electron chi connectivity index (χ4n) is 5.33. The second kappa shape index (κ2) is 8.56. The van der Waals surface area contributed by atoms with Crippen LogP contribution in [0.15, 0.2) is 96.2 Å². The fraction of sp³-hybridized carbons (Fsp3) is 0.296. The molecule has 1 fully saturated rings. The highest BCUT2D eigenvalue weighted by Gasteiger charge is 2.50. The molecule has 4 nitrogen and oxygen atoms in total.